The summed E-state index contributed by atoms with van der Waals surface area (Å²) in [5.41, 5.74) is 2.31. The number of amides is 1. The number of hydrogen-bond donors (Lipinski definition) is 1. The third-order valence-electron chi connectivity index (χ3n) is 4.07. The van der Waals surface area contributed by atoms with Gasteiger partial charge in [-0.2, -0.15) is 0 Å². The molecule has 0 fully saturated rings. The number of carbonyl (C=O) groups excluding carboxylic acids is 2. The second-order valence-corrected chi connectivity index (χ2v) is 5.88. The largest absolute Gasteiger partial charge is 0.451 e. The smallest absolute Gasteiger partial charge is 0.291 e. The van der Waals surface area contributed by atoms with Gasteiger partial charge in [-0.25, -0.2) is 0 Å². The first-order valence-corrected chi connectivity index (χ1v) is 8.20. The molecule has 0 aliphatic heterocycles. The molecule has 0 bridgehead atoms. The summed E-state index contributed by atoms with van der Waals surface area (Å²) in [7, 11) is 0. The monoisotopic (exact) mass is 341 g/mol. The van der Waals surface area contributed by atoms with Crippen molar-refractivity contribution in [3.05, 3.63) is 102 Å². The van der Waals surface area contributed by atoms with Gasteiger partial charge in [-0.15, -0.1) is 0 Å². The number of anilines is 1. The molecule has 1 N–H and O–H groups in total. The number of hydrogen-bond acceptors (Lipinski definition) is 3. The van der Waals surface area contributed by atoms with Crippen LogP contribution in [0, 0.1) is 0 Å². The molecule has 0 radical (unpaired) electrons. The van der Waals surface area contributed by atoms with Gasteiger partial charge in [0, 0.05) is 22.2 Å². The van der Waals surface area contributed by atoms with Crippen LogP contribution in [0.1, 0.15) is 26.5 Å². The van der Waals surface area contributed by atoms with E-state index >= 15 is 0 Å². The van der Waals surface area contributed by atoms with E-state index in [9.17, 15) is 9.59 Å². The Morgan fingerprint density at radius 3 is 2.27 bits per heavy atom. The summed E-state index contributed by atoms with van der Waals surface area (Å²) in [5.74, 6) is -0.220. The molecule has 3 aromatic carbocycles. The fourth-order valence-corrected chi connectivity index (χ4v) is 2.78. The van der Waals surface area contributed by atoms with Crippen molar-refractivity contribution in [3.63, 3.8) is 0 Å². The molecule has 4 heteroatoms. The minimum Gasteiger partial charge on any atom is -0.451 e. The lowest BCUT2D eigenvalue weighted by atomic mass is 10.0. The van der Waals surface area contributed by atoms with Crippen LogP contribution in [0.3, 0.4) is 0 Å². The number of benzene rings is 3. The Labute approximate surface area is 150 Å². The Balaban J connectivity index is 1.57. The van der Waals surface area contributed by atoms with Crippen molar-refractivity contribution in [2.75, 3.05) is 5.32 Å². The number of rotatable bonds is 4. The zero-order valence-corrected chi connectivity index (χ0v) is 13.8. The van der Waals surface area contributed by atoms with E-state index in [1.54, 1.807) is 42.5 Å². The Morgan fingerprint density at radius 2 is 1.46 bits per heavy atom. The first kappa shape index (κ1) is 15.8. The van der Waals surface area contributed by atoms with E-state index in [2.05, 4.69) is 5.32 Å². The van der Waals surface area contributed by atoms with E-state index in [0.29, 0.717) is 22.4 Å². The molecule has 0 unspecified atom stereocenters. The predicted octanol–water partition coefficient (Wildman–Crippen LogP) is 4.92. The first-order chi connectivity index (χ1) is 12.7. The maximum Gasteiger partial charge on any atom is 0.291 e. The van der Waals surface area contributed by atoms with Crippen LogP contribution in [-0.2, 0) is 0 Å². The van der Waals surface area contributed by atoms with Crippen LogP contribution in [-0.4, -0.2) is 11.7 Å². The first-order valence-electron chi connectivity index (χ1n) is 8.20. The van der Waals surface area contributed by atoms with Crippen LogP contribution in [0.25, 0.3) is 11.0 Å². The van der Waals surface area contributed by atoms with Gasteiger partial charge in [-0.3, -0.25) is 9.59 Å². The van der Waals surface area contributed by atoms with Crippen LogP contribution in [0.2, 0.25) is 0 Å². The number of fused-ring (bicyclic) bond motifs is 1. The van der Waals surface area contributed by atoms with Crippen LogP contribution >= 0.6 is 0 Å². The van der Waals surface area contributed by atoms with Gasteiger partial charge in [0.1, 0.15) is 5.58 Å². The van der Waals surface area contributed by atoms with Crippen LogP contribution in [0.5, 0.6) is 0 Å². The summed E-state index contributed by atoms with van der Waals surface area (Å²) in [5, 5.41) is 3.65. The maximum atomic E-state index is 12.5. The average Bonchev–Trinajstić information content (AvgIpc) is 3.13. The van der Waals surface area contributed by atoms with E-state index in [4.69, 9.17) is 4.42 Å². The van der Waals surface area contributed by atoms with Crippen molar-refractivity contribution in [1.29, 1.82) is 0 Å². The summed E-state index contributed by atoms with van der Waals surface area (Å²) in [6.45, 7) is 0. The van der Waals surface area contributed by atoms with Gasteiger partial charge in [-0.1, -0.05) is 60.7 Å². The lowest BCUT2D eigenvalue weighted by Gasteiger charge is -2.06. The summed E-state index contributed by atoms with van der Waals surface area (Å²) in [6.07, 6.45) is 0. The maximum absolute atomic E-state index is 12.5. The topological polar surface area (TPSA) is 59.3 Å². The zero-order valence-electron chi connectivity index (χ0n) is 13.8. The Bertz CT molecular complexity index is 1060. The van der Waals surface area contributed by atoms with E-state index < -0.39 is 0 Å². The Morgan fingerprint density at radius 1 is 0.731 bits per heavy atom. The van der Waals surface area contributed by atoms with Gasteiger partial charge < -0.3 is 9.73 Å². The lowest BCUT2D eigenvalue weighted by molar-refractivity contribution is 0.0996. The average molecular weight is 341 g/mol. The molecular weight excluding hydrogens is 326 g/mol. The molecule has 0 saturated heterocycles. The third-order valence-corrected chi connectivity index (χ3v) is 4.07. The van der Waals surface area contributed by atoms with Gasteiger partial charge in [0.15, 0.2) is 11.5 Å². The molecule has 126 valence electrons. The van der Waals surface area contributed by atoms with E-state index in [1.165, 1.54) is 0 Å². The number of nitrogens with one attached hydrogen (secondary N) is 1. The van der Waals surface area contributed by atoms with Crippen molar-refractivity contribution in [2.24, 2.45) is 0 Å². The highest BCUT2D eigenvalue weighted by Crippen LogP contribution is 2.21. The lowest BCUT2D eigenvalue weighted by Crippen LogP contribution is -2.11. The highest BCUT2D eigenvalue weighted by atomic mass is 16.3. The van der Waals surface area contributed by atoms with E-state index in [-0.39, 0.29) is 17.5 Å². The predicted molar refractivity (Wildman–Crippen MR) is 100 cm³/mol. The molecule has 26 heavy (non-hydrogen) atoms. The normalized spacial score (nSPS) is 10.6. The van der Waals surface area contributed by atoms with Gasteiger partial charge in [0.25, 0.3) is 5.91 Å². The van der Waals surface area contributed by atoms with Gasteiger partial charge >= 0.3 is 0 Å². The van der Waals surface area contributed by atoms with Crippen molar-refractivity contribution in [1.82, 2.24) is 0 Å². The molecule has 0 aliphatic rings. The highest BCUT2D eigenvalue weighted by Gasteiger charge is 2.14. The number of ketones is 1. The van der Waals surface area contributed by atoms with E-state index in [0.717, 1.165) is 5.39 Å². The van der Waals surface area contributed by atoms with E-state index in [1.807, 2.05) is 42.5 Å². The summed E-state index contributed by atoms with van der Waals surface area (Å²) in [4.78, 5) is 25.0. The molecule has 4 aromatic rings. The standard InChI is InChI=1S/C22H15NO3/c24-21(15-7-2-1-3-8-15)17-10-6-11-18(13-17)23-22(25)20-14-16-9-4-5-12-19(16)26-20/h1-14H,(H,23,25). The summed E-state index contributed by atoms with van der Waals surface area (Å²) >= 11 is 0. The molecule has 4 rings (SSSR count). The Hall–Kier alpha value is -3.66. The molecule has 0 atom stereocenters. The quantitative estimate of drug-likeness (QED) is 0.536. The van der Waals surface area contributed by atoms with Crippen LogP contribution in [0.15, 0.2) is 89.3 Å². The number of para-hydroxylation sites is 1. The number of furan rings is 1. The Kier molecular flexibility index (Phi) is 4.07. The fourth-order valence-electron chi connectivity index (χ4n) is 2.78. The molecule has 0 spiro atoms. The summed E-state index contributed by atoms with van der Waals surface area (Å²) in [6, 6.07) is 25.0. The van der Waals surface area contributed by atoms with Gasteiger partial charge in [-0.05, 0) is 24.3 Å². The zero-order chi connectivity index (χ0) is 17.9. The van der Waals surface area contributed by atoms with Gasteiger partial charge in [0.2, 0.25) is 0 Å². The van der Waals surface area contributed by atoms with Crippen LogP contribution < -0.4 is 5.32 Å². The highest BCUT2D eigenvalue weighted by molar-refractivity contribution is 6.10. The third kappa shape index (κ3) is 3.13. The minimum absolute atomic E-state index is 0.0922. The van der Waals surface area contributed by atoms with Crippen molar-refractivity contribution >= 4 is 28.3 Å². The molecule has 0 aliphatic carbocycles. The summed E-state index contributed by atoms with van der Waals surface area (Å²) < 4.78 is 5.57. The molecule has 1 heterocycles. The fraction of sp³-hybridized carbons (Fsp3) is 0. The molecular formula is C22H15NO3. The second kappa shape index (κ2) is 6.69. The molecule has 1 aromatic heterocycles. The molecule has 0 saturated carbocycles. The minimum atomic E-state index is -0.356. The molecule has 4 nitrogen and oxygen atoms in total. The van der Waals surface area contributed by atoms with Crippen molar-refractivity contribution < 1.29 is 14.0 Å². The second-order valence-electron chi connectivity index (χ2n) is 5.88. The van der Waals surface area contributed by atoms with Crippen molar-refractivity contribution in [2.45, 2.75) is 0 Å². The van der Waals surface area contributed by atoms with Crippen molar-refractivity contribution in [3.8, 4) is 0 Å². The van der Waals surface area contributed by atoms with Crippen LogP contribution in [0.4, 0.5) is 5.69 Å². The molecule has 1 amide bonds. The SMILES string of the molecule is O=C(c1ccccc1)c1cccc(NC(=O)c2cc3ccccc3o2)c1. The van der Waals surface area contributed by atoms with Gasteiger partial charge in [0.05, 0.1) is 0 Å². The number of carbonyl (C=O) groups is 2.